The molecule has 0 radical (unpaired) electrons. The van der Waals surface area contributed by atoms with E-state index in [0.717, 1.165) is 5.39 Å². The van der Waals surface area contributed by atoms with Gasteiger partial charge in [-0.25, -0.2) is 4.98 Å². The van der Waals surface area contributed by atoms with Crippen LogP contribution in [0.2, 0.25) is 10.0 Å². The number of rotatable bonds is 4. The number of para-hydroxylation sites is 1. The third kappa shape index (κ3) is 4.19. The van der Waals surface area contributed by atoms with Crippen LogP contribution in [0.1, 0.15) is 12.5 Å². The molecule has 2 aromatic heterocycles. The molecule has 5 rings (SSSR count). The minimum atomic E-state index is -0.478. The zero-order valence-corrected chi connectivity index (χ0v) is 19.2. The topological polar surface area (TPSA) is 86.7 Å². The number of halogens is 2. The van der Waals surface area contributed by atoms with Crippen molar-refractivity contribution < 1.29 is 13.9 Å². The lowest BCUT2D eigenvalue weighted by Crippen LogP contribution is -2.20. The average molecular weight is 492 g/mol. The van der Waals surface area contributed by atoms with Gasteiger partial charge in [0.05, 0.1) is 22.1 Å². The molecule has 3 aromatic carbocycles. The lowest BCUT2D eigenvalue weighted by Gasteiger charge is -2.07. The van der Waals surface area contributed by atoms with Gasteiger partial charge in [0.15, 0.2) is 5.76 Å². The van der Waals surface area contributed by atoms with Gasteiger partial charge in [-0.05, 0) is 60.2 Å². The van der Waals surface area contributed by atoms with Crippen molar-refractivity contribution in [2.75, 3.05) is 0 Å². The van der Waals surface area contributed by atoms with Gasteiger partial charge in [-0.1, -0.05) is 35.3 Å². The zero-order chi connectivity index (χ0) is 23.8. The maximum Gasteiger partial charge on any atom is 0.308 e. The van der Waals surface area contributed by atoms with Crippen molar-refractivity contribution in [3.63, 3.8) is 0 Å². The highest BCUT2D eigenvalue weighted by Crippen LogP contribution is 2.29. The molecule has 0 aliphatic heterocycles. The number of fused-ring (bicyclic) bond motifs is 2. The molecular weight excluding hydrogens is 477 g/mol. The molecule has 0 bridgehead atoms. The Balaban J connectivity index is 1.65. The van der Waals surface area contributed by atoms with Gasteiger partial charge in [0, 0.05) is 17.3 Å². The van der Waals surface area contributed by atoms with E-state index in [1.54, 1.807) is 66.7 Å². The summed E-state index contributed by atoms with van der Waals surface area (Å²) in [6, 6.07) is 18.8. The van der Waals surface area contributed by atoms with Gasteiger partial charge < -0.3 is 9.15 Å². The van der Waals surface area contributed by atoms with Crippen LogP contribution in [0, 0.1) is 0 Å². The molecule has 2 heterocycles. The molecule has 0 saturated carbocycles. The Labute approximate surface area is 202 Å². The summed E-state index contributed by atoms with van der Waals surface area (Å²) in [6.07, 6.45) is 1.46. The van der Waals surface area contributed by atoms with Crippen LogP contribution in [0.4, 0.5) is 0 Å². The minimum Gasteiger partial charge on any atom is -0.453 e. The van der Waals surface area contributed by atoms with Crippen LogP contribution in [0.3, 0.4) is 0 Å². The molecule has 0 spiro atoms. The van der Waals surface area contributed by atoms with Gasteiger partial charge in [-0.2, -0.15) is 9.78 Å². The number of carbonyl (C=O) groups is 1. The third-order valence-electron chi connectivity index (χ3n) is 4.98. The fraction of sp³-hybridized carbons (Fsp3) is 0.0400. The first kappa shape index (κ1) is 21.9. The van der Waals surface area contributed by atoms with E-state index in [1.807, 2.05) is 0 Å². The molecule has 0 unspecified atom stereocenters. The predicted octanol–water partition coefficient (Wildman–Crippen LogP) is 5.92. The van der Waals surface area contributed by atoms with Crippen molar-refractivity contribution in [2.24, 2.45) is 5.10 Å². The number of ether oxygens (including phenoxy) is 1. The molecule has 0 atom stereocenters. The Hall–Kier alpha value is -3.94. The summed E-state index contributed by atoms with van der Waals surface area (Å²) in [5.41, 5.74) is 1.34. The van der Waals surface area contributed by atoms with E-state index in [9.17, 15) is 9.59 Å². The summed E-state index contributed by atoms with van der Waals surface area (Å²) in [5.74, 6) is 0.349. The van der Waals surface area contributed by atoms with E-state index in [2.05, 4.69) is 10.1 Å². The normalized spacial score (nSPS) is 11.5. The van der Waals surface area contributed by atoms with Crippen molar-refractivity contribution in [2.45, 2.75) is 6.92 Å². The second kappa shape index (κ2) is 8.78. The number of nitrogens with zero attached hydrogens (tertiary/aromatic N) is 3. The Morgan fingerprint density at radius 3 is 2.71 bits per heavy atom. The minimum absolute atomic E-state index is 0.231. The van der Waals surface area contributed by atoms with Crippen LogP contribution in [-0.4, -0.2) is 21.8 Å². The molecule has 0 aliphatic rings. The number of furan rings is 1. The van der Waals surface area contributed by atoms with Crippen LogP contribution in [0.15, 0.2) is 81.0 Å². The Morgan fingerprint density at radius 2 is 1.91 bits per heavy atom. The van der Waals surface area contributed by atoms with Crippen molar-refractivity contribution in [1.82, 2.24) is 9.66 Å². The van der Waals surface area contributed by atoms with E-state index in [0.29, 0.717) is 32.8 Å². The first-order valence-corrected chi connectivity index (χ1v) is 10.9. The molecule has 0 aliphatic carbocycles. The van der Waals surface area contributed by atoms with E-state index in [-0.39, 0.29) is 22.2 Å². The fourth-order valence-electron chi connectivity index (χ4n) is 3.47. The fourth-order valence-corrected chi connectivity index (χ4v) is 3.88. The van der Waals surface area contributed by atoms with Crippen LogP contribution < -0.4 is 10.3 Å². The van der Waals surface area contributed by atoms with Crippen LogP contribution >= 0.6 is 23.2 Å². The molecule has 5 aromatic rings. The standard InChI is InChI=1S/C25H15Cl2N3O4/c1-14(31)33-22-8-6-15(10-19(22)27)13-28-30-24(29-20-5-3-2-4-18(20)25(30)32)23-12-16-11-17(26)7-9-21(16)34-23/h2-13H,1H3. The van der Waals surface area contributed by atoms with E-state index in [1.165, 1.54) is 17.8 Å². The highest BCUT2D eigenvalue weighted by molar-refractivity contribution is 6.32. The van der Waals surface area contributed by atoms with Gasteiger partial charge >= 0.3 is 5.97 Å². The number of aromatic nitrogens is 2. The first-order chi connectivity index (χ1) is 16.4. The van der Waals surface area contributed by atoms with E-state index < -0.39 is 5.97 Å². The van der Waals surface area contributed by atoms with E-state index >= 15 is 0 Å². The van der Waals surface area contributed by atoms with Crippen molar-refractivity contribution in [3.05, 3.63) is 92.7 Å². The van der Waals surface area contributed by atoms with Crippen molar-refractivity contribution in [3.8, 4) is 17.3 Å². The van der Waals surface area contributed by atoms with Crippen LogP contribution in [0.25, 0.3) is 33.5 Å². The maximum absolute atomic E-state index is 13.3. The van der Waals surface area contributed by atoms with Crippen molar-refractivity contribution in [1.29, 1.82) is 0 Å². The molecule has 7 nitrogen and oxygen atoms in total. The summed E-state index contributed by atoms with van der Waals surface area (Å²) >= 11 is 12.3. The average Bonchev–Trinajstić information content (AvgIpc) is 3.23. The molecular formula is C25H15Cl2N3O4. The number of hydrogen-bond donors (Lipinski definition) is 0. The summed E-state index contributed by atoms with van der Waals surface area (Å²) in [7, 11) is 0. The predicted molar refractivity (Wildman–Crippen MR) is 132 cm³/mol. The van der Waals surface area contributed by atoms with E-state index in [4.69, 9.17) is 32.4 Å². The SMILES string of the molecule is CC(=O)Oc1ccc(C=Nn2c(-c3cc4cc(Cl)ccc4o3)nc3ccccc3c2=O)cc1Cl. The molecule has 0 amide bonds. The molecule has 168 valence electrons. The van der Waals surface area contributed by atoms with Gasteiger partial charge in [-0.3, -0.25) is 9.59 Å². The third-order valence-corrected chi connectivity index (χ3v) is 5.51. The number of benzene rings is 3. The summed E-state index contributed by atoms with van der Waals surface area (Å²) in [6.45, 7) is 1.29. The van der Waals surface area contributed by atoms with Gasteiger partial charge in [0.1, 0.15) is 11.3 Å². The zero-order valence-electron chi connectivity index (χ0n) is 17.7. The Bertz CT molecular complexity index is 1670. The molecule has 0 N–H and O–H groups in total. The Kier molecular flexibility index (Phi) is 5.65. The maximum atomic E-state index is 13.3. The number of esters is 1. The number of hydrogen-bond acceptors (Lipinski definition) is 6. The molecule has 0 fully saturated rings. The summed E-state index contributed by atoms with van der Waals surface area (Å²) in [5, 5.41) is 6.37. The quantitative estimate of drug-likeness (QED) is 0.177. The monoisotopic (exact) mass is 491 g/mol. The van der Waals surface area contributed by atoms with Crippen molar-refractivity contribution >= 4 is 57.3 Å². The second-order valence-electron chi connectivity index (χ2n) is 7.39. The molecule has 34 heavy (non-hydrogen) atoms. The number of carbonyl (C=O) groups excluding carboxylic acids is 1. The van der Waals surface area contributed by atoms with Gasteiger partial charge in [-0.15, -0.1) is 0 Å². The Morgan fingerprint density at radius 1 is 1.09 bits per heavy atom. The van der Waals surface area contributed by atoms with Gasteiger partial charge in [0.2, 0.25) is 5.82 Å². The molecule has 0 saturated heterocycles. The molecule has 9 heteroatoms. The smallest absolute Gasteiger partial charge is 0.308 e. The second-order valence-corrected chi connectivity index (χ2v) is 8.23. The lowest BCUT2D eigenvalue weighted by atomic mass is 10.2. The first-order valence-electron chi connectivity index (χ1n) is 10.1. The summed E-state index contributed by atoms with van der Waals surface area (Å²) < 4.78 is 12.2. The van der Waals surface area contributed by atoms with Crippen LogP contribution in [-0.2, 0) is 4.79 Å². The highest BCUT2D eigenvalue weighted by Gasteiger charge is 2.16. The largest absolute Gasteiger partial charge is 0.453 e. The lowest BCUT2D eigenvalue weighted by molar-refractivity contribution is -0.131. The van der Waals surface area contributed by atoms with Crippen LogP contribution in [0.5, 0.6) is 5.75 Å². The van der Waals surface area contributed by atoms with Gasteiger partial charge in [0.25, 0.3) is 5.56 Å². The summed E-state index contributed by atoms with van der Waals surface area (Å²) in [4.78, 5) is 29.2. The highest BCUT2D eigenvalue weighted by atomic mass is 35.5.